The smallest absolute Gasteiger partial charge is 0.255 e. The lowest BCUT2D eigenvalue weighted by molar-refractivity contribution is -0.249. The van der Waals surface area contributed by atoms with Crippen LogP contribution in [0.1, 0.15) is 18.0 Å². The molecule has 2 aromatic carbocycles. The maximum absolute atomic E-state index is 14.4. The van der Waals surface area contributed by atoms with Crippen molar-refractivity contribution in [3.8, 4) is 11.1 Å². The minimum absolute atomic E-state index is 0.246. The number of anilines is 1. The van der Waals surface area contributed by atoms with E-state index in [4.69, 9.17) is 11.6 Å². The molecular weight excluding hydrogens is 475 g/mol. The molecule has 3 nitrogen and oxygen atoms in total. The Morgan fingerprint density at radius 2 is 1.67 bits per heavy atom. The molecular formula is C22H13ClF7N3. The number of aromatic nitrogens is 1. The largest absolute Gasteiger partial charge is 0.459 e. The highest BCUT2D eigenvalue weighted by molar-refractivity contribution is 6.29. The number of alkyl halides is 5. The Balaban J connectivity index is 1.79. The van der Waals surface area contributed by atoms with Crippen LogP contribution in [0.4, 0.5) is 36.4 Å². The number of rotatable bonds is 4. The second-order valence-electron chi connectivity index (χ2n) is 7.27. The molecule has 0 N–H and O–H groups in total. The summed E-state index contributed by atoms with van der Waals surface area (Å²) >= 11 is 5.78. The van der Waals surface area contributed by atoms with E-state index < -0.39 is 47.6 Å². The van der Waals surface area contributed by atoms with E-state index >= 15 is 0 Å². The SMILES string of the molecule is Fc1ccc(N2N=C(C(F)(F)C(F)(F)F)CC2c2cccc(-c3ccc(Cl)nc3)c2)c(F)c1. The van der Waals surface area contributed by atoms with Crippen LogP contribution in [0.3, 0.4) is 0 Å². The van der Waals surface area contributed by atoms with Gasteiger partial charge in [-0.05, 0) is 41.5 Å². The summed E-state index contributed by atoms with van der Waals surface area (Å²) in [5, 5.41) is 4.42. The Kier molecular flexibility index (Phi) is 5.81. The standard InChI is InChI=1S/C22H13ClF7N3/c23-20-7-4-14(11-31-20)12-2-1-3-13(8-12)18-10-19(21(26,27)22(28,29)30)32-33(18)17-6-5-15(24)9-16(17)25/h1-9,11,18H,10H2. The molecule has 1 aromatic heterocycles. The number of halogens is 8. The minimum Gasteiger partial charge on any atom is -0.255 e. The first-order valence-corrected chi connectivity index (χ1v) is 9.84. The fourth-order valence-corrected chi connectivity index (χ4v) is 3.60. The van der Waals surface area contributed by atoms with Crippen molar-refractivity contribution in [1.82, 2.24) is 4.98 Å². The van der Waals surface area contributed by atoms with Crippen LogP contribution in [0.2, 0.25) is 5.15 Å². The number of hydrogen-bond donors (Lipinski definition) is 0. The van der Waals surface area contributed by atoms with Crippen molar-refractivity contribution in [2.75, 3.05) is 5.01 Å². The summed E-state index contributed by atoms with van der Waals surface area (Å²) in [6.07, 6.45) is -5.25. The first-order valence-electron chi connectivity index (χ1n) is 9.46. The van der Waals surface area contributed by atoms with Gasteiger partial charge < -0.3 is 0 Å². The average molecular weight is 488 g/mol. The zero-order chi connectivity index (χ0) is 24.0. The van der Waals surface area contributed by atoms with E-state index in [1.807, 2.05) is 0 Å². The Morgan fingerprint density at radius 1 is 0.909 bits per heavy atom. The van der Waals surface area contributed by atoms with Gasteiger partial charge in [0.15, 0.2) is 5.82 Å². The molecule has 33 heavy (non-hydrogen) atoms. The molecule has 4 rings (SSSR count). The summed E-state index contributed by atoms with van der Waals surface area (Å²) in [5.74, 6) is -7.32. The molecule has 0 radical (unpaired) electrons. The lowest BCUT2D eigenvalue weighted by atomic mass is 9.95. The van der Waals surface area contributed by atoms with Crippen molar-refractivity contribution >= 4 is 23.0 Å². The molecule has 2 heterocycles. The second-order valence-corrected chi connectivity index (χ2v) is 7.66. The summed E-state index contributed by atoms with van der Waals surface area (Å²) in [4.78, 5) is 3.96. The van der Waals surface area contributed by atoms with Crippen LogP contribution in [0.25, 0.3) is 11.1 Å². The van der Waals surface area contributed by atoms with Crippen LogP contribution >= 0.6 is 11.6 Å². The predicted octanol–water partition coefficient (Wildman–Crippen LogP) is 7.19. The molecule has 0 spiro atoms. The van der Waals surface area contributed by atoms with E-state index in [0.717, 1.165) is 17.1 Å². The fourth-order valence-electron chi connectivity index (χ4n) is 3.48. The van der Waals surface area contributed by atoms with Crippen molar-refractivity contribution in [3.63, 3.8) is 0 Å². The second kappa shape index (κ2) is 8.33. The lowest BCUT2D eigenvalue weighted by Gasteiger charge is -2.25. The molecule has 0 fully saturated rings. The Labute approximate surface area is 188 Å². The number of hydrogen-bond acceptors (Lipinski definition) is 3. The third-order valence-electron chi connectivity index (χ3n) is 5.12. The van der Waals surface area contributed by atoms with Gasteiger partial charge in [0.05, 0.1) is 11.7 Å². The van der Waals surface area contributed by atoms with Crippen LogP contribution in [-0.4, -0.2) is 22.8 Å². The molecule has 11 heteroatoms. The van der Waals surface area contributed by atoms with Crippen molar-refractivity contribution in [2.45, 2.75) is 24.6 Å². The minimum atomic E-state index is -5.88. The topological polar surface area (TPSA) is 28.5 Å². The highest BCUT2D eigenvalue weighted by atomic mass is 35.5. The van der Waals surface area contributed by atoms with Crippen molar-refractivity contribution in [1.29, 1.82) is 0 Å². The number of benzene rings is 2. The third kappa shape index (κ3) is 4.39. The van der Waals surface area contributed by atoms with Crippen molar-refractivity contribution in [2.24, 2.45) is 5.10 Å². The first-order chi connectivity index (χ1) is 15.5. The van der Waals surface area contributed by atoms with Crippen LogP contribution in [-0.2, 0) is 0 Å². The van der Waals surface area contributed by atoms with Gasteiger partial charge in [-0.1, -0.05) is 29.8 Å². The highest BCUT2D eigenvalue weighted by Gasteiger charge is 2.63. The lowest BCUT2D eigenvalue weighted by Crippen LogP contribution is -2.43. The maximum atomic E-state index is 14.4. The number of pyridine rings is 1. The molecule has 3 aromatic rings. The maximum Gasteiger partial charge on any atom is 0.459 e. The number of nitrogens with zero attached hydrogens (tertiary/aromatic N) is 3. The van der Waals surface area contributed by atoms with Crippen LogP contribution in [0.15, 0.2) is 65.9 Å². The van der Waals surface area contributed by atoms with E-state index in [2.05, 4.69) is 10.1 Å². The normalized spacial score (nSPS) is 16.8. The van der Waals surface area contributed by atoms with Gasteiger partial charge in [-0.25, -0.2) is 13.8 Å². The highest BCUT2D eigenvalue weighted by Crippen LogP contribution is 2.45. The van der Waals surface area contributed by atoms with E-state index in [0.29, 0.717) is 22.8 Å². The van der Waals surface area contributed by atoms with Gasteiger partial charge in [-0.15, -0.1) is 0 Å². The van der Waals surface area contributed by atoms with E-state index in [1.54, 1.807) is 24.3 Å². The first kappa shape index (κ1) is 23.0. The summed E-state index contributed by atoms with van der Waals surface area (Å²) in [6.45, 7) is 0. The summed E-state index contributed by atoms with van der Waals surface area (Å²) in [6, 6.07) is 10.6. The van der Waals surface area contributed by atoms with Gasteiger partial charge in [0.2, 0.25) is 0 Å². The zero-order valence-corrected chi connectivity index (χ0v) is 17.2. The summed E-state index contributed by atoms with van der Waals surface area (Å²) in [7, 11) is 0. The van der Waals surface area contributed by atoms with Gasteiger partial charge in [0.25, 0.3) is 0 Å². The monoisotopic (exact) mass is 487 g/mol. The van der Waals surface area contributed by atoms with E-state index in [1.165, 1.54) is 18.3 Å². The Bertz CT molecular complexity index is 1210. The van der Waals surface area contributed by atoms with Crippen LogP contribution in [0.5, 0.6) is 0 Å². The quantitative estimate of drug-likeness (QED) is 0.288. The molecule has 1 aliphatic rings. The van der Waals surface area contributed by atoms with Gasteiger partial charge in [0.1, 0.15) is 16.7 Å². The van der Waals surface area contributed by atoms with E-state index in [-0.39, 0.29) is 5.15 Å². The Hall–Kier alpha value is -3.14. The molecule has 0 amide bonds. The molecule has 0 aliphatic carbocycles. The van der Waals surface area contributed by atoms with Crippen LogP contribution < -0.4 is 5.01 Å². The fraction of sp³-hybridized carbons (Fsp3) is 0.182. The molecule has 0 saturated carbocycles. The molecule has 172 valence electrons. The van der Waals surface area contributed by atoms with Crippen molar-refractivity contribution < 1.29 is 30.7 Å². The van der Waals surface area contributed by atoms with Crippen molar-refractivity contribution in [3.05, 3.63) is 83.1 Å². The van der Waals surface area contributed by atoms with Gasteiger partial charge in [-0.3, -0.25) is 5.01 Å². The molecule has 0 bridgehead atoms. The summed E-state index contributed by atoms with van der Waals surface area (Å²) < 4.78 is 95.0. The van der Waals surface area contributed by atoms with Gasteiger partial charge in [0, 0.05) is 24.2 Å². The average Bonchev–Trinajstić information content (AvgIpc) is 3.19. The molecule has 1 unspecified atom stereocenters. The number of hydrazone groups is 1. The predicted molar refractivity (Wildman–Crippen MR) is 109 cm³/mol. The van der Waals surface area contributed by atoms with Crippen LogP contribution in [0, 0.1) is 11.6 Å². The molecule has 1 aliphatic heterocycles. The molecule has 1 atom stereocenters. The Morgan fingerprint density at radius 3 is 2.30 bits per heavy atom. The third-order valence-corrected chi connectivity index (χ3v) is 5.34. The van der Waals surface area contributed by atoms with Gasteiger partial charge in [-0.2, -0.15) is 27.1 Å². The van der Waals surface area contributed by atoms with Gasteiger partial charge >= 0.3 is 12.1 Å². The zero-order valence-electron chi connectivity index (χ0n) is 16.4. The molecule has 0 saturated heterocycles. The summed E-state index contributed by atoms with van der Waals surface area (Å²) in [5.41, 5.74) is -0.425. The van der Waals surface area contributed by atoms with E-state index in [9.17, 15) is 30.7 Å².